The first kappa shape index (κ1) is 19.2. The number of amides is 2. The molecule has 0 atom stereocenters. The Morgan fingerprint density at radius 3 is 2.31 bits per heavy atom. The van der Waals surface area contributed by atoms with Gasteiger partial charge >= 0.3 is 0 Å². The summed E-state index contributed by atoms with van der Waals surface area (Å²) in [6.45, 7) is 6.38. The highest BCUT2D eigenvalue weighted by Gasteiger charge is 2.52. The molecular weight excluding hydrogens is 366 g/mol. The number of carbonyl (C=O) groups excluding carboxylic acids is 2. The van der Waals surface area contributed by atoms with E-state index in [0.717, 1.165) is 36.5 Å². The molecule has 5 aliphatic rings. The van der Waals surface area contributed by atoms with Crippen molar-refractivity contribution >= 4 is 11.8 Å². The Labute approximate surface area is 172 Å². The van der Waals surface area contributed by atoms with E-state index in [1.54, 1.807) is 17.7 Å². The van der Waals surface area contributed by atoms with Gasteiger partial charge in [0.15, 0.2) is 0 Å². The van der Waals surface area contributed by atoms with E-state index in [1.807, 2.05) is 4.90 Å². The quantitative estimate of drug-likeness (QED) is 0.603. The van der Waals surface area contributed by atoms with Crippen molar-refractivity contribution in [3.05, 3.63) is 23.5 Å². The highest BCUT2D eigenvalue weighted by Crippen LogP contribution is 2.61. The van der Waals surface area contributed by atoms with Gasteiger partial charge in [0.1, 0.15) is 0 Å². The fourth-order valence-corrected chi connectivity index (χ4v) is 7.42. The maximum Gasteiger partial charge on any atom is 0.276 e. The molecule has 29 heavy (non-hydrogen) atoms. The lowest BCUT2D eigenvalue weighted by Gasteiger charge is -2.57. The first-order valence-electron chi connectivity index (χ1n) is 11.2. The molecule has 4 fully saturated rings. The summed E-state index contributed by atoms with van der Waals surface area (Å²) < 4.78 is 2.07. The molecule has 6 nitrogen and oxygen atoms in total. The van der Waals surface area contributed by atoms with Gasteiger partial charge in [-0.15, -0.1) is 0 Å². The van der Waals surface area contributed by atoms with E-state index in [4.69, 9.17) is 5.21 Å². The number of nitrogens with zero attached hydrogens (tertiary/aromatic N) is 2. The van der Waals surface area contributed by atoms with Crippen LogP contribution in [-0.2, 0) is 17.9 Å². The van der Waals surface area contributed by atoms with E-state index in [-0.39, 0.29) is 16.7 Å². The number of fused-ring (bicyclic) bond motifs is 1. The number of aromatic nitrogens is 1. The Morgan fingerprint density at radius 2 is 1.72 bits per heavy atom. The summed E-state index contributed by atoms with van der Waals surface area (Å²) in [6.07, 6.45) is 10.4. The summed E-state index contributed by atoms with van der Waals surface area (Å²) in [4.78, 5) is 27.4. The highest BCUT2D eigenvalue weighted by atomic mass is 16.5. The Morgan fingerprint density at radius 1 is 1.10 bits per heavy atom. The number of hydroxylamine groups is 1. The van der Waals surface area contributed by atoms with Gasteiger partial charge < -0.3 is 9.47 Å². The zero-order chi connectivity index (χ0) is 20.4. The van der Waals surface area contributed by atoms with Gasteiger partial charge in [-0.3, -0.25) is 14.8 Å². The van der Waals surface area contributed by atoms with Crippen molar-refractivity contribution in [3.8, 4) is 0 Å². The fourth-order valence-electron chi connectivity index (χ4n) is 7.42. The van der Waals surface area contributed by atoms with Gasteiger partial charge in [0.2, 0.25) is 5.91 Å². The fraction of sp³-hybridized carbons (Fsp3) is 0.739. The average molecular weight is 400 g/mol. The molecule has 1 aromatic rings. The van der Waals surface area contributed by atoms with E-state index in [0.29, 0.717) is 18.5 Å². The molecule has 6 rings (SSSR count). The van der Waals surface area contributed by atoms with Gasteiger partial charge in [-0.2, -0.15) is 0 Å². The molecule has 4 aliphatic carbocycles. The lowest BCUT2D eigenvalue weighted by Crippen LogP contribution is -2.49. The first-order chi connectivity index (χ1) is 13.7. The van der Waals surface area contributed by atoms with Gasteiger partial charge in [0, 0.05) is 36.8 Å². The molecule has 158 valence electrons. The number of hydrogen-bond acceptors (Lipinski definition) is 3. The number of rotatable bonds is 3. The molecule has 1 aromatic heterocycles. The van der Waals surface area contributed by atoms with Gasteiger partial charge in [-0.1, -0.05) is 13.8 Å². The molecule has 0 spiro atoms. The number of nitrogens with one attached hydrogen (secondary N) is 1. The number of hydrogen-bond donors (Lipinski definition) is 2. The number of carbonyl (C=O) groups is 2. The van der Waals surface area contributed by atoms with E-state index >= 15 is 0 Å². The summed E-state index contributed by atoms with van der Waals surface area (Å²) >= 11 is 0. The zero-order valence-corrected chi connectivity index (χ0v) is 17.6. The molecule has 2 amide bonds. The summed E-state index contributed by atoms with van der Waals surface area (Å²) in [5.74, 6) is 2.34. The lowest BCUT2D eigenvalue weighted by molar-refractivity contribution is -0.141. The molecule has 1 aliphatic heterocycles. The molecule has 4 bridgehead atoms. The van der Waals surface area contributed by atoms with Gasteiger partial charge in [0.25, 0.3) is 5.91 Å². The van der Waals surface area contributed by atoms with Crippen LogP contribution in [0, 0.1) is 28.6 Å². The van der Waals surface area contributed by atoms with Crippen molar-refractivity contribution in [3.63, 3.8) is 0 Å². The SMILES string of the molecule is CC1(C)CN(C(=O)CC23CC4CC(CC(C4)C2)C3)Cc2cc(C(=O)NO)cn2C1. The molecule has 6 heteroatoms. The zero-order valence-electron chi connectivity index (χ0n) is 17.6. The Bertz CT molecular complexity index is 805. The second kappa shape index (κ2) is 6.59. The Hall–Kier alpha value is -1.82. The summed E-state index contributed by atoms with van der Waals surface area (Å²) in [5, 5.41) is 8.96. The minimum Gasteiger partial charge on any atom is -0.348 e. The minimum atomic E-state index is -0.505. The van der Waals surface area contributed by atoms with Crippen LogP contribution >= 0.6 is 0 Å². The van der Waals surface area contributed by atoms with Crippen molar-refractivity contribution < 1.29 is 14.8 Å². The third kappa shape index (κ3) is 3.49. The van der Waals surface area contributed by atoms with E-state index < -0.39 is 5.91 Å². The highest BCUT2D eigenvalue weighted by molar-refractivity contribution is 5.93. The third-order valence-corrected chi connectivity index (χ3v) is 7.96. The topological polar surface area (TPSA) is 74.6 Å². The average Bonchev–Trinajstić information content (AvgIpc) is 2.94. The molecule has 0 radical (unpaired) electrons. The van der Waals surface area contributed by atoms with Crippen LogP contribution in [0.2, 0.25) is 0 Å². The van der Waals surface area contributed by atoms with Crippen LogP contribution in [0.5, 0.6) is 0 Å². The largest absolute Gasteiger partial charge is 0.348 e. The predicted molar refractivity (Wildman–Crippen MR) is 108 cm³/mol. The smallest absolute Gasteiger partial charge is 0.276 e. The molecule has 0 saturated heterocycles. The standard InChI is InChI=1S/C23H33N3O3/c1-22(2)13-25-11-18(21(28)24-29)6-19(25)12-26(14-22)20(27)10-23-7-15-3-16(8-23)5-17(4-15)9-23/h6,11,15-17,29H,3-5,7-10,12-14H2,1-2H3,(H,24,28). The monoisotopic (exact) mass is 399 g/mol. The van der Waals surface area contributed by atoms with Crippen molar-refractivity contribution in [2.75, 3.05) is 6.54 Å². The van der Waals surface area contributed by atoms with Crippen molar-refractivity contribution in [2.45, 2.75) is 71.9 Å². The molecule has 2 N–H and O–H groups in total. The molecule has 0 aromatic carbocycles. The van der Waals surface area contributed by atoms with Crippen LogP contribution in [0.15, 0.2) is 12.3 Å². The molecular formula is C23H33N3O3. The van der Waals surface area contributed by atoms with E-state index in [9.17, 15) is 9.59 Å². The third-order valence-electron chi connectivity index (χ3n) is 7.96. The molecule has 2 heterocycles. The summed E-state index contributed by atoms with van der Waals surface area (Å²) in [6, 6.07) is 1.80. The van der Waals surface area contributed by atoms with E-state index in [2.05, 4.69) is 18.4 Å². The van der Waals surface area contributed by atoms with Gasteiger partial charge in [-0.05, 0) is 67.8 Å². The first-order valence-corrected chi connectivity index (χ1v) is 11.2. The van der Waals surface area contributed by atoms with Crippen molar-refractivity contribution in [1.82, 2.24) is 14.9 Å². The molecule has 0 unspecified atom stereocenters. The van der Waals surface area contributed by atoms with Crippen LogP contribution in [0.1, 0.15) is 74.8 Å². The van der Waals surface area contributed by atoms with Crippen LogP contribution in [-0.4, -0.2) is 33.0 Å². The van der Waals surface area contributed by atoms with Crippen LogP contribution in [0.25, 0.3) is 0 Å². The van der Waals surface area contributed by atoms with Crippen molar-refractivity contribution in [1.29, 1.82) is 0 Å². The summed E-state index contributed by atoms with van der Waals surface area (Å²) in [5.41, 5.74) is 3.29. The van der Waals surface area contributed by atoms with Gasteiger partial charge in [-0.25, -0.2) is 5.48 Å². The lowest BCUT2D eigenvalue weighted by atomic mass is 9.49. The van der Waals surface area contributed by atoms with Crippen LogP contribution in [0.4, 0.5) is 0 Å². The van der Waals surface area contributed by atoms with E-state index in [1.165, 1.54) is 38.5 Å². The predicted octanol–water partition coefficient (Wildman–Crippen LogP) is 3.58. The maximum absolute atomic E-state index is 13.5. The van der Waals surface area contributed by atoms with Crippen molar-refractivity contribution in [2.24, 2.45) is 28.6 Å². The van der Waals surface area contributed by atoms with Gasteiger partial charge in [0.05, 0.1) is 12.1 Å². The summed E-state index contributed by atoms with van der Waals surface area (Å²) in [7, 11) is 0. The minimum absolute atomic E-state index is 0.0750. The van der Waals surface area contributed by atoms with Crippen LogP contribution < -0.4 is 5.48 Å². The van der Waals surface area contributed by atoms with Crippen LogP contribution in [0.3, 0.4) is 0 Å². The second-order valence-corrected chi connectivity index (χ2v) is 11.3. The Kier molecular flexibility index (Phi) is 4.36. The maximum atomic E-state index is 13.5. The Balaban J connectivity index is 1.37. The molecule has 4 saturated carbocycles. The second-order valence-electron chi connectivity index (χ2n) is 11.3. The normalized spacial score (nSPS) is 34.6.